The van der Waals surface area contributed by atoms with Gasteiger partial charge >= 0.3 is 5.97 Å². The summed E-state index contributed by atoms with van der Waals surface area (Å²) < 4.78 is 14.4. The lowest BCUT2D eigenvalue weighted by Gasteiger charge is -2.14. The van der Waals surface area contributed by atoms with Crippen molar-refractivity contribution >= 4 is 23.3 Å². The van der Waals surface area contributed by atoms with Crippen LogP contribution >= 0.6 is 0 Å². The summed E-state index contributed by atoms with van der Waals surface area (Å²) in [4.78, 5) is 40.5. The van der Waals surface area contributed by atoms with Crippen LogP contribution in [0.3, 0.4) is 0 Å². The van der Waals surface area contributed by atoms with E-state index in [9.17, 15) is 23.9 Å². The monoisotopic (exact) mass is 446 g/mol. The third kappa shape index (κ3) is 4.98. The molecule has 168 valence electrons. The van der Waals surface area contributed by atoms with Gasteiger partial charge in [-0.3, -0.25) is 19.4 Å². The van der Waals surface area contributed by atoms with Crippen molar-refractivity contribution in [1.29, 1.82) is 0 Å². The summed E-state index contributed by atoms with van der Waals surface area (Å²) in [6.45, 7) is 0. The van der Waals surface area contributed by atoms with Gasteiger partial charge in [-0.2, -0.15) is 0 Å². The van der Waals surface area contributed by atoms with Crippen molar-refractivity contribution in [2.45, 2.75) is 25.4 Å². The smallest absolute Gasteiger partial charge is 0.307 e. The van der Waals surface area contributed by atoms with Crippen LogP contribution in [0.1, 0.15) is 41.5 Å². The number of pyridine rings is 1. The second kappa shape index (κ2) is 9.73. The predicted molar refractivity (Wildman–Crippen MR) is 121 cm³/mol. The third-order valence-corrected chi connectivity index (χ3v) is 5.99. The fraction of sp³-hybridized carbons (Fsp3) is 0.231. The number of hydrogen-bond donors (Lipinski definition) is 2. The molecule has 1 saturated carbocycles. The van der Waals surface area contributed by atoms with Crippen LogP contribution in [0.5, 0.6) is 0 Å². The van der Waals surface area contributed by atoms with E-state index in [0.29, 0.717) is 24.1 Å². The number of aliphatic carboxylic acids is 1. The molecule has 1 aliphatic carbocycles. The molecule has 0 aliphatic heterocycles. The number of nitrogens with one attached hydrogen (secondary N) is 1. The zero-order valence-electron chi connectivity index (χ0n) is 17.8. The molecule has 1 aromatic heterocycles. The first-order chi connectivity index (χ1) is 15.9. The Morgan fingerprint density at radius 3 is 2.21 bits per heavy atom. The molecule has 33 heavy (non-hydrogen) atoms. The van der Waals surface area contributed by atoms with Crippen molar-refractivity contribution in [1.82, 2.24) is 4.98 Å². The number of aromatic nitrogens is 1. The molecule has 0 bridgehead atoms. The maximum Gasteiger partial charge on any atom is 0.307 e. The lowest BCUT2D eigenvalue weighted by Crippen LogP contribution is -2.25. The molecule has 1 amide bonds. The Balaban J connectivity index is 1.41. The Kier molecular flexibility index (Phi) is 6.58. The fourth-order valence-corrected chi connectivity index (χ4v) is 4.19. The van der Waals surface area contributed by atoms with E-state index >= 15 is 0 Å². The van der Waals surface area contributed by atoms with Gasteiger partial charge in [0.15, 0.2) is 5.78 Å². The van der Waals surface area contributed by atoms with Crippen LogP contribution in [0.2, 0.25) is 0 Å². The highest BCUT2D eigenvalue weighted by molar-refractivity contribution is 5.99. The molecule has 4 rings (SSSR count). The molecule has 2 aromatic carbocycles. The second-order valence-electron chi connectivity index (χ2n) is 8.12. The van der Waals surface area contributed by atoms with Crippen LogP contribution in [-0.4, -0.2) is 27.8 Å². The van der Waals surface area contributed by atoms with Gasteiger partial charge in [0.2, 0.25) is 6.17 Å². The number of benzene rings is 2. The summed E-state index contributed by atoms with van der Waals surface area (Å²) in [5.74, 6) is -3.09. The number of alkyl halides is 1. The van der Waals surface area contributed by atoms with Crippen molar-refractivity contribution in [3.05, 3.63) is 84.2 Å². The van der Waals surface area contributed by atoms with E-state index in [2.05, 4.69) is 10.3 Å². The van der Waals surface area contributed by atoms with Crippen LogP contribution in [0, 0.1) is 11.8 Å². The van der Waals surface area contributed by atoms with Gasteiger partial charge in [0, 0.05) is 23.4 Å². The third-order valence-electron chi connectivity index (χ3n) is 5.99. The van der Waals surface area contributed by atoms with Crippen LogP contribution in [0.15, 0.2) is 72.9 Å². The quantitative estimate of drug-likeness (QED) is 0.493. The highest BCUT2D eigenvalue weighted by atomic mass is 19.1. The number of carbonyl (C=O) groups is 3. The molecule has 1 heterocycles. The minimum Gasteiger partial charge on any atom is -0.481 e. The van der Waals surface area contributed by atoms with E-state index in [0.717, 1.165) is 17.5 Å². The summed E-state index contributed by atoms with van der Waals surface area (Å²) in [7, 11) is 0. The Hall–Kier alpha value is -3.87. The van der Waals surface area contributed by atoms with E-state index in [1.807, 2.05) is 0 Å². The van der Waals surface area contributed by atoms with Gasteiger partial charge in [-0.25, -0.2) is 4.39 Å². The van der Waals surface area contributed by atoms with E-state index in [1.165, 1.54) is 0 Å². The molecule has 1 fully saturated rings. The van der Waals surface area contributed by atoms with E-state index in [1.54, 1.807) is 72.9 Å². The Labute approximate surface area is 190 Å². The molecule has 2 N–H and O–H groups in total. The Morgan fingerprint density at radius 2 is 1.58 bits per heavy atom. The topological polar surface area (TPSA) is 96.4 Å². The SMILES string of the molecule is O=C(Nc1ccc(-c2ccc(C(=O)[C@H]3CCC[C@@H]3C(=O)O)nc2)cc1)C(F)c1ccccc1. The summed E-state index contributed by atoms with van der Waals surface area (Å²) in [6.07, 6.45) is 1.61. The molecule has 7 heteroatoms. The first-order valence-corrected chi connectivity index (χ1v) is 10.8. The second-order valence-corrected chi connectivity index (χ2v) is 8.12. The lowest BCUT2D eigenvalue weighted by atomic mass is 9.90. The van der Waals surface area contributed by atoms with E-state index in [4.69, 9.17) is 0 Å². The zero-order valence-corrected chi connectivity index (χ0v) is 17.8. The largest absolute Gasteiger partial charge is 0.481 e. The van der Waals surface area contributed by atoms with Gasteiger partial charge < -0.3 is 10.4 Å². The van der Waals surface area contributed by atoms with E-state index in [-0.39, 0.29) is 11.5 Å². The minimum atomic E-state index is -1.76. The van der Waals surface area contributed by atoms with Gasteiger partial charge in [-0.05, 0) is 42.2 Å². The molecular formula is C26H23FN2O4. The number of carboxylic acid groups (broad SMARTS) is 1. The predicted octanol–water partition coefficient (Wildman–Crippen LogP) is 5.08. The summed E-state index contributed by atoms with van der Waals surface area (Å²) in [5.41, 5.74) is 2.58. The highest BCUT2D eigenvalue weighted by Crippen LogP contribution is 2.34. The van der Waals surface area contributed by atoms with Gasteiger partial charge in [0.1, 0.15) is 5.69 Å². The summed E-state index contributed by atoms with van der Waals surface area (Å²) in [5, 5.41) is 11.9. The number of Topliss-reactive ketones (excluding diaryl/α,β-unsaturated/α-hetero) is 1. The molecule has 0 radical (unpaired) electrons. The molecule has 0 saturated heterocycles. The van der Waals surface area contributed by atoms with Gasteiger partial charge in [-0.15, -0.1) is 0 Å². The average Bonchev–Trinajstić information content (AvgIpc) is 3.35. The number of halogens is 1. The first-order valence-electron chi connectivity index (χ1n) is 10.8. The number of amides is 1. The summed E-state index contributed by atoms with van der Waals surface area (Å²) in [6, 6.07) is 18.5. The van der Waals surface area contributed by atoms with Crippen molar-refractivity contribution in [3.63, 3.8) is 0 Å². The average molecular weight is 446 g/mol. The lowest BCUT2D eigenvalue weighted by molar-refractivity contribution is -0.142. The van der Waals surface area contributed by atoms with Crippen molar-refractivity contribution in [3.8, 4) is 11.1 Å². The van der Waals surface area contributed by atoms with Crippen LogP contribution in [-0.2, 0) is 9.59 Å². The molecule has 6 nitrogen and oxygen atoms in total. The number of rotatable bonds is 7. The maximum atomic E-state index is 14.4. The zero-order chi connectivity index (χ0) is 23.4. The Bertz CT molecular complexity index is 1150. The first kappa shape index (κ1) is 22.3. The molecule has 3 aromatic rings. The van der Waals surface area contributed by atoms with Gasteiger partial charge in [0.05, 0.1) is 5.92 Å². The molecular weight excluding hydrogens is 423 g/mol. The van der Waals surface area contributed by atoms with Crippen molar-refractivity contribution in [2.24, 2.45) is 11.8 Å². The number of ketones is 1. The van der Waals surface area contributed by atoms with Crippen LogP contribution < -0.4 is 5.32 Å². The van der Waals surface area contributed by atoms with Crippen LogP contribution in [0.25, 0.3) is 11.1 Å². The molecule has 0 spiro atoms. The minimum absolute atomic E-state index is 0.233. The van der Waals surface area contributed by atoms with Crippen molar-refractivity contribution in [2.75, 3.05) is 5.32 Å². The standard InChI is InChI=1S/C26H23FN2O4/c27-23(17-5-2-1-3-6-17)25(31)29-19-12-9-16(10-13-19)18-11-14-22(28-15-18)24(30)20-7-4-8-21(20)26(32)33/h1-3,5-6,9-15,20-21,23H,4,7-8H2,(H,29,31)(H,32,33)/t20-,21-,23?/m0/s1. The van der Waals surface area contributed by atoms with Crippen LogP contribution in [0.4, 0.5) is 10.1 Å². The fourth-order valence-electron chi connectivity index (χ4n) is 4.19. The van der Waals surface area contributed by atoms with Gasteiger partial charge in [0.25, 0.3) is 5.91 Å². The van der Waals surface area contributed by atoms with E-state index < -0.39 is 29.9 Å². The number of hydrogen-bond acceptors (Lipinski definition) is 4. The molecule has 1 unspecified atom stereocenters. The highest BCUT2D eigenvalue weighted by Gasteiger charge is 2.38. The van der Waals surface area contributed by atoms with Crippen molar-refractivity contribution < 1.29 is 23.9 Å². The number of carbonyl (C=O) groups excluding carboxylic acids is 2. The summed E-state index contributed by atoms with van der Waals surface area (Å²) >= 11 is 0. The number of anilines is 1. The molecule has 3 atom stereocenters. The van der Waals surface area contributed by atoms with Gasteiger partial charge in [-0.1, -0.05) is 55.0 Å². The number of nitrogens with zero attached hydrogens (tertiary/aromatic N) is 1. The number of carboxylic acids is 1. The molecule has 1 aliphatic rings. The maximum absolute atomic E-state index is 14.4. The normalized spacial score (nSPS) is 18.5. The Morgan fingerprint density at radius 1 is 0.909 bits per heavy atom.